The number of amides is 1. The fourth-order valence-corrected chi connectivity index (χ4v) is 2.89. The van der Waals surface area contributed by atoms with E-state index in [4.69, 9.17) is 4.74 Å². The third-order valence-electron chi connectivity index (χ3n) is 4.31. The van der Waals surface area contributed by atoms with Crippen molar-refractivity contribution >= 4 is 18.3 Å². The van der Waals surface area contributed by atoms with E-state index in [0.29, 0.717) is 17.9 Å². The normalized spacial score (nSPS) is 14.3. The first-order chi connectivity index (χ1) is 12.7. The van der Waals surface area contributed by atoms with Crippen LogP contribution in [-0.4, -0.2) is 50.1 Å². The second-order valence-electron chi connectivity index (χ2n) is 6.29. The number of benzene rings is 2. The molecule has 27 heavy (non-hydrogen) atoms. The third kappa shape index (κ3) is 6.82. The summed E-state index contributed by atoms with van der Waals surface area (Å²) < 4.78 is 18.8. The maximum Gasteiger partial charge on any atom is 0.251 e. The van der Waals surface area contributed by atoms with Gasteiger partial charge in [0.25, 0.3) is 5.91 Å². The Kier molecular flexibility index (Phi) is 8.51. The summed E-state index contributed by atoms with van der Waals surface area (Å²) in [6.07, 6.45) is 0. The zero-order valence-electron chi connectivity index (χ0n) is 15.1. The molecule has 0 aliphatic carbocycles. The van der Waals surface area contributed by atoms with Crippen LogP contribution in [-0.2, 0) is 6.61 Å². The molecule has 2 N–H and O–H groups in total. The van der Waals surface area contributed by atoms with E-state index in [-0.39, 0.29) is 30.7 Å². The minimum absolute atomic E-state index is 0. The summed E-state index contributed by atoms with van der Waals surface area (Å²) in [6, 6.07) is 13.3. The van der Waals surface area contributed by atoms with Crippen molar-refractivity contribution in [2.24, 2.45) is 0 Å². The summed E-state index contributed by atoms with van der Waals surface area (Å²) in [5, 5.41) is 6.27. The highest BCUT2D eigenvalue weighted by atomic mass is 35.5. The lowest BCUT2D eigenvalue weighted by Crippen LogP contribution is -2.46. The van der Waals surface area contributed by atoms with Gasteiger partial charge in [-0.3, -0.25) is 9.69 Å². The van der Waals surface area contributed by atoms with E-state index in [1.54, 1.807) is 24.3 Å². The Balaban J connectivity index is 0.00000261. The number of piperazine rings is 1. The smallest absolute Gasteiger partial charge is 0.251 e. The summed E-state index contributed by atoms with van der Waals surface area (Å²) in [5.41, 5.74) is 1.47. The monoisotopic (exact) mass is 393 g/mol. The van der Waals surface area contributed by atoms with E-state index in [2.05, 4.69) is 15.5 Å². The van der Waals surface area contributed by atoms with Gasteiger partial charge in [-0.15, -0.1) is 12.4 Å². The molecular weight excluding hydrogens is 369 g/mol. The highest BCUT2D eigenvalue weighted by molar-refractivity contribution is 5.94. The van der Waals surface area contributed by atoms with Gasteiger partial charge in [-0.05, 0) is 29.8 Å². The molecule has 0 aromatic heterocycles. The summed E-state index contributed by atoms with van der Waals surface area (Å²) >= 11 is 0. The molecule has 3 rings (SSSR count). The van der Waals surface area contributed by atoms with Crippen LogP contribution in [0.25, 0.3) is 0 Å². The van der Waals surface area contributed by atoms with Gasteiger partial charge in [-0.25, -0.2) is 4.39 Å². The Hall–Kier alpha value is -2.15. The molecule has 1 heterocycles. The van der Waals surface area contributed by atoms with E-state index in [9.17, 15) is 9.18 Å². The molecule has 0 radical (unpaired) electrons. The van der Waals surface area contributed by atoms with Crippen molar-refractivity contribution in [3.63, 3.8) is 0 Å². The topological polar surface area (TPSA) is 53.6 Å². The predicted octanol–water partition coefficient (Wildman–Crippen LogP) is 2.46. The van der Waals surface area contributed by atoms with Crippen LogP contribution in [0.3, 0.4) is 0 Å². The predicted molar refractivity (Wildman–Crippen MR) is 106 cm³/mol. The number of nitrogens with zero attached hydrogens (tertiary/aromatic N) is 1. The molecule has 2 aromatic rings. The Labute approximate surface area is 165 Å². The van der Waals surface area contributed by atoms with Crippen LogP contribution < -0.4 is 15.4 Å². The molecule has 0 saturated carbocycles. The first-order valence-electron chi connectivity index (χ1n) is 8.89. The number of rotatable bonds is 7. The van der Waals surface area contributed by atoms with Crippen molar-refractivity contribution in [2.45, 2.75) is 6.61 Å². The van der Waals surface area contributed by atoms with Crippen LogP contribution in [0.1, 0.15) is 15.9 Å². The third-order valence-corrected chi connectivity index (χ3v) is 4.31. The molecule has 1 saturated heterocycles. The van der Waals surface area contributed by atoms with Crippen molar-refractivity contribution in [3.8, 4) is 5.75 Å². The number of hydrogen-bond acceptors (Lipinski definition) is 4. The van der Waals surface area contributed by atoms with Crippen molar-refractivity contribution in [1.29, 1.82) is 0 Å². The SMILES string of the molecule is Cl.O=C(NCCN1CCNCC1)c1cccc(COc2cccc(F)c2)c1. The molecule has 7 heteroatoms. The fraction of sp³-hybridized carbons (Fsp3) is 0.350. The number of nitrogens with one attached hydrogen (secondary N) is 2. The van der Waals surface area contributed by atoms with Gasteiger partial charge in [0.1, 0.15) is 18.2 Å². The summed E-state index contributed by atoms with van der Waals surface area (Å²) in [5.74, 6) is 0.0451. The van der Waals surface area contributed by atoms with Crippen molar-refractivity contribution in [3.05, 3.63) is 65.5 Å². The first kappa shape index (κ1) is 21.2. The molecule has 1 amide bonds. The Morgan fingerprint density at radius 2 is 1.93 bits per heavy atom. The average molecular weight is 394 g/mol. The first-order valence-corrected chi connectivity index (χ1v) is 8.89. The molecule has 1 aliphatic heterocycles. The summed E-state index contributed by atoms with van der Waals surface area (Å²) in [6.45, 7) is 5.80. The zero-order chi connectivity index (χ0) is 18.2. The maximum atomic E-state index is 13.2. The van der Waals surface area contributed by atoms with Crippen molar-refractivity contribution < 1.29 is 13.9 Å². The Morgan fingerprint density at radius 1 is 1.15 bits per heavy atom. The van der Waals surface area contributed by atoms with Crippen molar-refractivity contribution in [2.75, 3.05) is 39.3 Å². The molecule has 0 spiro atoms. The number of ether oxygens (including phenoxy) is 1. The van der Waals surface area contributed by atoms with Gasteiger partial charge < -0.3 is 15.4 Å². The lowest BCUT2D eigenvalue weighted by Gasteiger charge is -2.27. The van der Waals surface area contributed by atoms with Gasteiger partial charge in [0, 0.05) is 50.9 Å². The molecule has 2 aromatic carbocycles. The average Bonchev–Trinajstić information content (AvgIpc) is 2.67. The second kappa shape index (κ2) is 10.9. The number of carbonyl (C=O) groups excluding carboxylic acids is 1. The van der Waals surface area contributed by atoms with Crippen LogP contribution in [0.5, 0.6) is 5.75 Å². The Morgan fingerprint density at radius 3 is 2.70 bits per heavy atom. The van der Waals surface area contributed by atoms with E-state index in [1.165, 1.54) is 12.1 Å². The molecule has 0 atom stereocenters. The molecule has 1 fully saturated rings. The van der Waals surface area contributed by atoms with E-state index in [0.717, 1.165) is 38.3 Å². The van der Waals surface area contributed by atoms with E-state index >= 15 is 0 Å². The van der Waals surface area contributed by atoms with Crippen LogP contribution in [0.2, 0.25) is 0 Å². The van der Waals surface area contributed by atoms with Crippen LogP contribution in [0.15, 0.2) is 48.5 Å². The molecule has 5 nitrogen and oxygen atoms in total. The molecule has 146 valence electrons. The zero-order valence-corrected chi connectivity index (χ0v) is 15.9. The van der Waals surface area contributed by atoms with Gasteiger partial charge in [0.2, 0.25) is 0 Å². The molecule has 0 unspecified atom stereocenters. The number of halogens is 2. The summed E-state index contributed by atoms with van der Waals surface area (Å²) in [4.78, 5) is 14.7. The quantitative estimate of drug-likeness (QED) is 0.758. The second-order valence-corrected chi connectivity index (χ2v) is 6.29. The highest BCUT2D eigenvalue weighted by Crippen LogP contribution is 2.15. The Bertz CT molecular complexity index is 739. The minimum Gasteiger partial charge on any atom is -0.489 e. The molecular formula is C20H25ClFN3O2. The lowest BCUT2D eigenvalue weighted by atomic mass is 10.1. The lowest BCUT2D eigenvalue weighted by molar-refractivity contribution is 0.0947. The largest absolute Gasteiger partial charge is 0.489 e. The van der Waals surface area contributed by atoms with Crippen LogP contribution in [0.4, 0.5) is 4.39 Å². The standard InChI is InChI=1S/C20H24FN3O2.ClH/c21-18-5-2-6-19(14-18)26-15-16-3-1-4-17(13-16)20(25)23-9-12-24-10-7-22-8-11-24;/h1-6,13-14,22H,7-12,15H2,(H,23,25);1H. The van der Waals surface area contributed by atoms with Crippen LogP contribution in [0, 0.1) is 5.82 Å². The molecule has 0 bridgehead atoms. The van der Waals surface area contributed by atoms with Crippen molar-refractivity contribution in [1.82, 2.24) is 15.5 Å². The molecule has 1 aliphatic rings. The number of hydrogen-bond donors (Lipinski definition) is 2. The van der Waals surface area contributed by atoms with Gasteiger partial charge in [-0.1, -0.05) is 18.2 Å². The van der Waals surface area contributed by atoms with E-state index < -0.39 is 0 Å². The van der Waals surface area contributed by atoms with Gasteiger partial charge in [-0.2, -0.15) is 0 Å². The minimum atomic E-state index is -0.333. The van der Waals surface area contributed by atoms with Crippen LogP contribution >= 0.6 is 12.4 Å². The fourth-order valence-electron chi connectivity index (χ4n) is 2.89. The maximum absolute atomic E-state index is 13.2. The number of carbonyl (C=O) groups is 1. The summed E-state index contributed by atoms with van der Waals surface area (Å²) in [7, 11) is 0. The van der Waals surface area contributed by atoms with Gasteiger partial charge >= 0.3 is 0 Å². The highest BCUT2D eigenvalue weighted by Gasteiger charge is 2.10. The van der Waals surface area contributed by atoms with E-state index in [1.807, 2.05) is 12.1 Å². The van der Waals surface area contributed by atoms with Gasteiger partial charge in [0.05, 0.1) is 0 Å². The van der Waals surface area contributed by atoms with Gasteiger partial charge in [0.15, 0.2) is 0 Å².